The van der Waals surface area contributed by atoms with Crippen molar-refractivity contribution in [3.63, 3.8) is 0 Å². The number of nitrogens with zero attached hydrogens (tertiary/aromatic N) is 2. The van der Waals surface area contributed by atoms with Crippen LogP contribution in [0.2, 0.25) is 15.1 Å². The van der Waals surface area contributed by atoms with Gasteiger partial charge in [-0.2, -0.15) is 0 Å². The van der Waals surface area contributed by atoms with Gasteiger partial charge in [0.25, 0.3) is 15.9 Å². The van der Waals surface area contributed by atoms with E-state index in [9.17, 15) is 13.2 Å². The van der Waals surface area contributed by atoms with Gasteiger partial charge in [-0.25, -0.2) is 13.4 Å². The Balaban J connectivity index is 1.61. The van der Waals surface area contributed by atoms with Gasteiger partial charge in [-0.3, -0.25) is 9.52 Å². The van der Waals surface area contributed by atoms with E-state index < -0.39 is 10.0 Å². The van der Waals surface area contributed by atoms with Gasteiger partial charge < -0.3 is 15.0 Å². The van der Waals surface area contributed by atoms with Crippen LogP contribution in [-0.2, 0) is 10.0 Å². The van der Waals surface area contributed by atoms with E-state index in [2.05, 4.69) is 19.9 Å². The smallest absolute Gasteiger partial charge is 0.262 e. The summed E-state index contributed by atoms with van der Waals surface area (Å²) in [5.74, 6) is -0.173. The first-order valence-corrected chi connectivity index (χ1v) is 13.1. The minimum Gasteiger partial charge on any atom is -0.436 e. The molecule has 1 fully saturated rings. The van der Waals surface area contributed by atoms with Crippen LogP contribution in [0.3, 0.4) is 0 Å². The number of pyridine rings is 1. The van der Waals surface area contributed by atoms with Gasteiger partial charge >= 0.3 is 0 Å². The molecular formula is C23H21Cl3N4O4S. The number of hydrogen-bond acceptors (Lipinski definition) is 6. The summed E-state index contributed by atoms with van der Waals surface area (Å²) in [5, 5.41) is 3.50. The number of carbonyl (C=O) groups excluding carboxylic acids is 1. The molecule has 1 saturated heterocycles. The van der Waals surface area contributed by atoms with Crippen LogP contribution in [0, 0.1) is 0 Å². The minimum absolute atomic E-state index is 0.0174. The van der Waals surface area contributed by atoms with Crippen molar-refractivity contribution in [2.24, 2.45) is 0 Å². The molecule has 0 radical (unpaired) electrons. The Labute approximate surface area is 218 Å². The van der Waals surface area contributed by atoms with E-state index in [1.54, 1.807) is 24.3 Å². The number of rotatable bonds is 7. The summed E-state index contributed by atoms with van der Waals surface area (Å²) < 4.78 is 34.3. The number of likely N-dealkylation sites (tertiary alicyclic amines) is 1. The van der Waals surface area contributed by atoms with Crippen LogP contribution >= 0.6 is 34.8 Å². The van der Waals surface area contributed by atoms with Crippen LogP contribution in [0.4, 0.5) is 5.69 Å². The molecule has 35 heavy (non-hydrogen) atoms. The number of carbonyl (C=O) groups is 1. The first-order chi connectivity index (χ1) is 16.6. The van der Waals surface area contributed by atoms with E-state index >= 15 is 0 Å². The highest BCUT2D eigenvalue weighted by atomic mass is 35.5. The van der Waals surface area contributed by atoms with Gasteiger partial charge in [0, 0.05) is 18.8 Å². The molecule has 2 aromatic carbocycles. The minimum atomic E-state index is -4.09. The first-order valence-electron chi connectivity index (χ1n) is 10.5. The van der Waals surface area contributed by atoms with Crippen molar-refractivity contribution >= 4 is 56.4 Å². The topological polar surface area (TPSA) is 101 Å². The summed E-state index contributed by atoms with van der Waals surface area (Å²) in [6, 6.07) is 11.9. The third kappa shape index (κ3) is 6.17. The number of likely N-dealkylation sites (N-methyl/N-ethyl adjacent to an activating group) is 1. The van der Waals surface area contributed by atoms with E-state index in [-0.39, 0.29) is 54.8 Å². The molecule has 2 N–H and O–H groups in total. The third-order valence-electron chi connectivity index (χ3n) is 5.33. The van der Waals surface area contributed by atoms with Gasteiger partial charge in [0.1, 0.15) is 11.4 Å². The van der Waals surface area contributed by atoms with Crippen LogP contribution < -0.4 is 14.8 Å². The lowest BCUT2D eigenvalue weighted by atomic mass is 10.1. The second-order valence-corrected chi connectivity index (χ2v) is 10.9. The molecule has 1 unspecified atom stereocenters. The Morgan fingerprint density at radius 3 is 2.60 bits per heavy atom. The van der Waals surface area contributed by atoms with Crippen molar-refractivity contribution in [2.75, 3.05) is 24.9 Å². The van der Waals surface area contributed by atoms with Crippen molar-refractivity contribution in [3.8, 4) is 11.6 Å². The quantitative estimate of drug-likeness (QED) is 0.422. The number of benzene rings is 2. The summed E-state index contributed by atoms with van der Waals surface area (Å²) in [7, 11) is -2.09. The molecule has 0 bridgehead atoms. The van der Waals surface area contributed by atoms with Crippen molar-refractivity contribution in [1.82, 2.24) is 15.2 Å². The summed E-state index contributed by atoms with van der Waals surface area (Å²) in [6.07, 6.45) is 2.16. The number of aromatic nitrogens is 1. The molecule has 8 nitrogen and oxygen atoms in total. The highest BCUT2D eigenvalue weighted by Gasteiger charge is 2.24. The van der Waals surface area contributed by atoms with Gasteiger partial charge in [-0.15, -0.1) is 0 Å². The Kier molecular flexibility index (Phi) is 7.73. The fraction of sp³-hybridized carbons (Fsp3) is 0.217. The van der Waals surface area contributed by atoms with Gasteiger partial charge in [-0.1, -0.05) is 46.9 Å². The van der Waals surface area contributed by atoms with Gasteiger partial charge in [0.15, 0.2) is 0 Å². The Bertz CT molecular complexity index is 1370. The maximum Gasteiger partial charge on any atom is 0.262 e. The van der Waals surface area contributed by atoms with Crippen molar-refractivity contribution in [3.05, 3.63) is 75.4 Å². The van der Waals surface area contributed by atoms with Crippen LogP contribution in [-0.4, -0.2) is 50.4 Å². The zero-order valence-corrected chi connectivity index (χ0v) is 21.5. The lowest BCUT2D eigenvalue weighted by Gasteiger charge is -2.17. The Hall–Kier alpha value is -2.56. The maximum absolute atomic E-state index is 13.0. The number of sulfonamides is 1. The van der Waals surface area contributed by atoms with Crippen LogP contribution in [0.25, 0.3) is 0 Å². The second kappa shape index (κ2) is 10.6. The summed E-state index contributed by atoms with van der Waals surface area (Å²) in [4.78, 5) is 19.1. The summed E-state index contributed by atoms with van der Waals surface area (Å²) in [6.45, 7) is 1.66. The molecule has 0 spiro atoms. The predicted molar refractivity (Wildman–Crippen MR) is 136 cm³/mol. The molecule has 2 heterocycles. The average molecular weight is 556 g/mol. The van der Waals surface area contributed by atoms with Crippen LogP contribution in [0.5, 0.6) is 11.6 Å². The van der Waals surface area contributed by atoms with Gasteiger partial charge in [0.05, 0.1) is 25.5 Å². The van der Waals surface area contributed by atoms with Crippen LogP contribution in [0.15, 0.2) is 59.6 Å². The molecule has 1 aliphatic rings. The second-order valence-electron chi connectivity index (χ2n) is 8.01. The van der Waals surface area contributed by atoms with Gasteiger partial charge in [0.2, 0.25) is 5.88 Å². The first kappa shape index (κ1) is 25.5. The highest BCUT2D eigenvalue weighted by Crippen LogP contribution is 2.34. The van der Waals surface area contributed by atoms with Gasteiger partial charge in [-0.05, 0) is 56.4 Å². The van der Waals surface area contributed by atoms with E-state index in [0.29, 0.717) is 0 Å². The van der Waals surface area contributed by atoms with E-state index in [1.165, 1.54) is 30.5 Å². The molecule has 1 aliphatic heterocycles. The van der Waals surface area contributed by atoms with Crippen molar-refractivity contribution < 1.29 is 17.9 Å². The van der Waals surface area contributed by atoms with Crippen molar-refractivity contribution in [1.29, 1.82) is 0 Å². The molecule has 3 aromatic rings. The average Bonchev–Trinajstić information content (AvgIpc) is 3.21. The number of halogens is 3. The molecule has 0 saturated carbocycles. The number of anilines is 1. The van der Waals surface area contributed by atoms with E-state index in [0.717, 1.165) is 19.5 Å². The monoisotopic (exact) mass is 554 g/mol. The Morgan fingerprint density at radius 1 is 1.11 bits per heavy atom. The molecule has 184 valence electrons. The number of amides is 1. The largest absolute Gasteiger partial charge is 0.436 e. The molecule has 1 aromatic heterocycles. The normalized spacial score (nSPS) is 16.2. The molecule has 1 amide bonds. The zero-order chi connectivity index (χ0) is 25.2. The third-order valence-corrected chi connectivity index (χ3v) is 7.64. The number of ether oxygens (including phenoxy) is 1. The number of hydrogen-bond donors (Lipinski definition) is 2. The summed E-state index contributed by atoms with van der Waals surface area (Å²) >= 11 is 17.9. The van der Waals surface area contributed by atoms with E-state index in [4.69, 9.17) is 39.5 Å². The number of para-hydroxylation sites is 1. The molecule has 1 atom stereocenters. The fourth-order valence-corrected chi connectivity index (χ4v) is 5.19. The molecule has 4 rings (SSSR count). The lowest BCUT2D eigenvalue weighted by Crippen LogP contribution is -2.36. The highest BCUT2D eigenvalue weighted by molar-refractivity contribution is 7.92. The molecule has 12 heteroatoms. The van der Waals surface area contributed by atoms with E-state index in [1.807, 2.05) is 7.05 Å². The lowest BCUT2D eigenvalue weighted by molar-refractivity contribution is 0.0936. The maximum atomic E-state index is 13.0. The number of nitrogens with one attached hydrogen (secondary N) is 2. The summed E-state index contributed by atoms with van der Waals surface area (Å²) in [5.41, 5.74) is 0.272. The zero-order valence-electron chi connectivity index (χ0n) is 18.5. The van der Waals surface area contributed by atoms with Crippen molar-refractivity contribution in [2.45, 2.75) is 17.4 Å². The Morgan fingerprint density at radius 2 is 1.89 bits per heavy atom. The standard InChI is InChI=1S/C23H21Cl3N4O4S/c1-30-9-8-15(13-30)28-22(31)17-4-2-3-5-21(17)34-23-20(10-14(24)12-27-23)29-35(32,33)16-6-7-18(25)19(26)11-16/h2-7,10-12,15,29H,8-9,13H2,1H3,(H,28,31). The molecule has 0 aliphatic carbocycles. The molecular weight excluding hydrogens is 535 g/mol. The predicted octanol–water partition coefficient (Wildman–Crippen LogP) is 5.07. The SMILES string of the molecule is CN1CCC(NC(=O)c2ccccc2Oc2ncc(Cl)cc2NS(=O)(=O)c2ccc(Cl)c(Cl)c2)C1. The van der Waals surface area contributed by atoms with Crippen LogP contribution in [0.1, 0.15) is 16.8 Å². The fourth-order valence-electron chi connectivity index (χ4n) is 3.59.